The molecule has 434 valence electrons. The van der Waals surface area contributed by atoms with E-state index in [0.29, 0.717) is 29.7 Å². The van der Waals surface area contributed by atoms with Crippen LogP contribution in [0.4, 0.5) is 5.69 Å². The summed E-state index contributed by atoms with van der Waals surface area (Å²) in [6.45, 7) is 6.26. The molecule has 1 saturated heterocycles. The molecular formula is C54H87N13O11. The van der Waals surface area contributed by atoms with Gasteiger partial charge in [-0.05, 0) is 94.3 Å². The predicted molar refractivity (Wildman–Crippen MR) is 294 cm³/mol. The summed E-state index contributed by atoms with van der Waals surface area (Å²) < 4.78 is 0. The van der Waals surface area contributed by atoms with Gasteiger partial charge in [-0.1, -0.05) is 95.3 Å². The van der Waals surface area contributed by atoms with Gasteiger partial charge in [-0.15, -0.1) is 0 Å². The summed E-state index contributed by atoms with van der Waals surface area (Å²) in [6.07, 6.45) is 1.39. The predicted octanol–water partition coefficient (Wildman–Crippen LogP) is -1.96. The molecule has 0 bridgehead atoms. The zero-order valence-electron chi connectivity index (χ0n) is 45.7. The average Bonchev–Trinajstić information content (AvgIpc) is 3.39. The lowest BCUT2D eigenvalue weighted by molar-refractivity contribution is -0.136. The lowest BCUT2D eigenvalue weighted by Gasteiger charge is -2.28. The Morgan fingerprint density at radius 3 is 1.68 bits per heavy atom. The van der Waals surface area contributed by atoms with Crippen molar-refractivity contribution in [3.8, 4) is 0 Å². The highest BCUT2D eigenvalue weighted by Gasteiger charge is 2.36. The molecule has 9 amide bonds. The number of hydrogen-bond acceptors (Lipinski definition) is 15. The quantitative estimate of drug-likeness (QED) is 0.0401. The van der Waals surface area contributed by atoms with Gasteiger partial charge < -0.3 is 81.0 Å². The van der Waals surface area contributed by atoms with Crippen LogP contribution in [0.2, 0.25) is 0 Å². The SMILES string of the molecule is CCCCCCC[C@@H](O)CC(=O)N[C@H](CCN)C(=O)N[C@H]1CCNC(=O)[C@H]([C@@H](C)O)NC(=O)[C@H](Cc2ccc(N)cc2)NC(=O)[C@H](CCN)NC(=O)[C@H](CC(C)C)NC(=O)[C@@H](Cc2ccccc2)NC(=O)[C@H](CCN)NC1=O. The summed E-state index contributed by atoms with van der Waals surface area (Å²) in [5, 5.41) is 45.2. The van der Waals surface area contributed by atoms with Crippen LogP contribution >= 0.6 is 0 Å². The molecule has 24 heteroatoms. The Bertz CT molecular complexity index is 2240. The number of aliphatic hydroxyl groups excluding tert-OH is 2. The van der Waals surface area contributed by atoms with Crippen LogP contribution in [-0.4, -0.2) is 150 Å². The van der Waals surface area contributed by atoms with E-state index in [1.807, 2.05) is 13.8 Å². The fourth-order valence-electron chi connectivity index (χ4n) is 8.73. The van der Waals surface area contributed by atoms with Gasteiger partial charge >= 0.3 is 0 Å². The summed E-state index contributed by atoms with van der Waals surface area (Å²) in [6, 6.07) is 3.81. The molecule has 0 radical (unpaired) electrons. The van der Waals surface area contributed by atoms with Crippen LogP contribution in [0.1, 0.15) is 116 Å². The zero-order valence-corrected chi connectivity index (χ0v) is 45.7. The van der Waals surface area contributed by atoms with Gasteiger partial charge in [0.05, 0.1) is 18.6 Å². The van der Waals surface area contributed by atoms with Crippen molar-refractivity contribution >= 4 is 58.9 Å². The molecule has 1 fully saturated rings. The maximum Gasteiger partial charge on any atom is 0.245 e. The number of unbranched alkanes of at least 4 members (excludes halogenated alkanes) is 4. The van der Waals surface area contributed by atoms with Gasteiger partial charge in [0.15, 0.2) is 0 Å². The highest BCUT2D eigenvalue weighted by molar-refractivity contribution is 5.98. The van der Waals surface area contributed by atoms with E-state index in [-0.39, 0.29) is 83.5 Å². The van der Waals surface area contributed by atoms with E-state index in [0.717, 1.165) is 25.7 Å². The molecular weight excluding hydrogens is 1010 g/mol. The number of hydrogen-bond donors (Lipinski definition) is 15. The molecule has 0 aromatic heterocycles. The molecule has 2 aromatic rings. The van der Waals surface area contributed by atoms with Gasteiger partial charge in [0, 0.05) is 25.1 Å². The minimum atomic E-state index is -1.65. The minimum Gasteiger partial charge on any atom is -0.399 e. The normalized spacial score (nSPS) is 22.7. The maximum absolute atomic E-state index is 14.4. The van der Waals surface area contributed by atoms with E-state index < -0.39 is 114 Å². The number of nitrogens with one attached hydrogen (secondary N) is 9. The number of anilines is 1. The number of nitrogens with two attached hydrogens (primary N) is 4. The third-order valence-electron chi connectivity index (χ3n) is 13.1. The average molecular weight is 1090 g/mol. The lowest BCUT2D eigenvalue weighted by atomic mass is 10.00. The highest BCUT2D eigenvalue weighted by Crippen LogP contribution is 2.14. The highest BCUT2D eigenvalue weighted by atomic mass is 16.3. The summed E-state index contributed by atoms with van der Waals surface area (Å²) in [5.41, 5.74) is 25.3. The van der Waals surface area contributed by atoms with Crippen LogP contribution in [-0.2, 0) is 56.0 Å². The molecule has 0 aliphatic carbocycles. The Hall–Kier alpha value is -6.73. The van der Waals surface area contributed by atoms with Crippen LogP contribution in [0.3, 0.4) is 0 Å². The molecule has 1 aliphatic heterocycles. The lowest BCUT2D eigenvalue weighted by Crippen LogP contribution is -2.61. The van der Waals surface area contributed by atoms with Crippen LogP contribution < -0.4 is 70.8 Å². The fraction of sp³-hybridized carbons (Fsp3) is 0.611. The molecule has 1 heterocycles. The molecule has 24 nitrogen and oxygen atoms in total. The fourth-order valence-corrected chi connectivity index (χ4v) is 8.73. The number of amides is 9. The standard InChI is InChI=1S/C54H87N13O11/c1-5-6-7-8-12-15-37(69)31-45(70)60-38(20-24-55)47(71)63-41-23-27-59-54(78)46(33(4)68)67-53(77)44(30-35-16-18-36(58)19-17-35)66-49(73)40(22-26-57)62-51(75)42(28-32(2)3)64-52(76)43(29-34-13-10-9-11-14-34)65-48(72)39(21-25-56)61-50(41)74/h9-11,13-14,16-19,32-33,37-44,46,68-69H,5-8,12,15,20-31,55-58H2,1-4H3,(H,59,78)(H,60,70)(H,61,74)(H,62,75)(H,63,71)(H,64,76)(H,65,72)(H,66,73)(H,67,77)/t33-,37-,38-,39+,40+,41+,42+,43-,44+,46+/m1/s1. The van der Waals surface area contributed by atoms with E-state index in [9.17, 15) is 53.4 Å². The van der Waals surface area contributed by atoms with Crippen molar-refractivity contribution in [3.05, 3.63) is 65.7 Å². The number of rotatable bonds is 24. The van der Waals surface area contributed by atoms with Crippen molar-refractivity contribution in [2.24, 2.45) is 23.1 Å². The van der Waals surface area contributed by atoms with Crippen LogP contribution in [0, 0.1) is 5.92 Å². The minimum absolute atomic E-state index is 0.0709. The molecule has 0 spiro atoms. The molecule has 0 unspecified atom stereocenters. The Morgan fingerprint density at radius 1 is 0.615 bits per heavy atom. The smallest absolute Gasteiger partial charge is 0.245 e. The molecule has 10 atom stereocenters. The van der Waals surface area contributed by atoms with E-state index in [4.69, 9.17) is 22.9 Å². The van der Waals surface area contributed by atoms with Gasteiger partial charge in [-0.25, -0.2) is 0 Å². The Balaban J connectivity index is 2.12. The van der Waals surface area contributed by atoms with E-state index in [2.05, 4.69) is 54.8 Å². The van der Waals surface area contributed by atoms with Gasteiger partial charge in [0.1, 0.15) is 48.3 Å². The monoisotopic (exact) mass is 1090 g/mol. The first kappa shape index (κ1) is 65.6. The Morgan fingerprint density at radius 2 is 1.13 bits per heavy atom. The molecule has 3 rings (SSSR count). The third-order valence-corrected chi connectivity index (χ3v) is 13.1. The first-order valence-electron chi connectivity index (χ1n) is 27.2. The number of benzene rings is 2. The first-order chi connectivity index (χ1) is 37.2. The topological polar surface area (TPSA) is 406 Å². The van der Waals surface area contributed by atoms with Crippen molar-refractivity contribution in [1.29, 1.82) is 0 Å². The van der Waals surface area contributed by atoms with Gasteiger partial charge in [0.25, 0.3) is 0 Å². The van der Waals surface area contributed by atoms with Crippen LogP contribution in [0.5, 0.6) is 0 Å². The second kappa shape index (κ2) is 34.9. The van der Waals surface area contributed by atoms with Crippen LogP contribution in [0.15, 0.2) is 54.6 Å². The van der Waals surface area contributed by atoms with E-state index in [1.165, 1.54) is 6.92 Å². The van der Waals surface area contributed by atoms with Crippen molar-refractivity contribution < 1.29 is 53.4 Å². The summed E-state index contributed by atoms with van der Waals surface area (Å²) in [7, 11) is 0. The van der Waals surface area contributed by atoms with Gasteiger partial charge in [0.2, 0.25) is 53.2 Å². The largest absolute Gasteiger partial charge is 0.399 e. The second-order valence-electron chi connectivity index (χ2n) is 20.4. The summed E-state index contributed by atoms with van der Waals surface area (Å²) >= 11 is 0. The van der Waals surface area contributed by atoms with Gasteiger partial charge in [-0.2, -0.15) is 0 Å². The third kappa shape index (κ3) is 23.5. The first-order valence-corrected chi connectivity index (χ1v) is 27.2. The van der Waals surface area contributed by atoms with Crippen molar-refractivity contribution in [2.75, 3.05) is 31.9 Å². The Kier molecular flexibility index (Phi) is 29.3. The van der Waals surface area contributed by atoms with E-state index >= 15 is 0 Å². The number of aliphatic hydroxyl groups is 2. The van der Waals surface area contributed by atoms with Gasteiger partial charge in [-0.3, -0.25) is 43.2 Å². The summed E-state index contributed by atoms with van der Waals surface area (Å²) in [4.78, 5) is 127. The molecule has 19 N–H and O–H groups in total. The van der Waals surface area contributed by atoms with Crippen LogP contribution in [0.25, 0.3) is 0 Å². The van der Waals surface area contributed by atoms with E-state index in [1.54, 1.807) is 54.6 Å². The second-order valence-corrected chi connectivity index (χ2v) is 20.4. The number of carbonyl (C=O) groups is 9. The Labute approximate surface area is 457 Å². The molecule has 1 aliphatic rings. The maximum atomic E-state index is 14.4. The van der Waals surface area contributed by atoms with Crippen molar-refractivity contribution in [2.45, 2.75) is 178 Å². The van der Waals surface area contributed by atoms with Crippen molar-refractivity contribution in [3.63, 3.8) is 0 Å². The molecule has 2 aromatic carbocycles. The zero-order chi connectivity index (χ0) is 57.7. The molecule has 78 heavy (non-hydrogen) atoms. The molecule has 0 saturated carbocycles. The number of carbonyl (C=O) groups excluding carboxylic acids is 9. The number of nitrogen functional groups attached to an aromatic ring is 1. The summed E-state index contributed by atoms with van der Waals surface area (Å²) in [5.74, 6) is -7.72. The van der Waals surface area contributed by atoms with Crippen molar-refractivity contribution in [1.82, 2.24) is 47.9 Å².